The van der Waals surface area contributed by atoms with E-state index in [1.807, 2.05) is 0 Å². The van der Waals surface area contributed by atoms with Gasteiger partial charge in [0.2, 0.25) is 5.82 Å². The Bertz CT molecular complexity index is 1670. The lowest BCUT2D eigenvalue weighted by molar-refractivity contribution is -0.520. The number of rotatable bonds is 1. The molecule has 3 aromatic carbocycles. The fraction of sp³-hybridized carbons (Fsp3) is 0.107. The summed E-state index contributed by atoms with van der Waals surface area (Å²) in [5.41, 5.74) is 5.04. The number of allylic oxidation sites excluding steroid dienone is 2. The third kappa shape index (κ3) is 2.59. The van der Waals surface area contributed by atoms with E-state index in [4.69, 9.17) is 0 Å². The van der Waals surface area contributed by atoms with Gasteiger partial charge in [-0.3, -0.25) is 4.48 Å². The van der Waals surface area contributed by atoms with Crippen LogP contribution < -0.4 is 14.9 Å². The van der Waals surface area contributed by atoms with Gasteiger partial charge >= 0.3 is 6.98 Å². The quantitative estimate of drug-likeness (QED) is 0.436. The highest BCUT2D eigenvalue weighted by Crippen LogP contribution is 2.22. The third-order valence-corrected chi connectivity index (χ3v) is 6.97. The maximum atomic E-state index is 2.48. The Morgan fingerprint density at radius 3 is 2.12 bits per heavy atom. The number of imidazole rings is 1. The summed E-state index contributed by atoms with van der Waals surface area (Å²) in [6.07, 6.45) is 8.75. The second-order valence-electron chi connectivity index (χ2n) is 8.61. The highest BCUT2D eigenvalue weighted by Gasteiger charge is 2.40. The van der Waals surface area contributed by atoms with E-state index in [0.717, 1.165) is 0 Å². The SMILES string of the molecule is C\C1=c2/cccc/c2=c2\cccc\c2=C2/C=CC=CN2B1[n+]1c(C)n(C)c2ccccc21. The molecule has 0 fully saturated rings. The minimum atomic E-state index is 0.0202. The van der Waals surface area contributed by atoms with Crippen LogP contribution in [0.4, 0.5) is 0 Å². The second kappa shape index (κ2) is 7.13. The van der Waals surface area contributed by atoms with Crippen molar-refractivity contribution in [2.75, 3.05) is 0 Å². The number of benzene rings is 3. The van der Waals surface area contributed by atoms with E-state index in [1.165, 1.54) is 48.9 Å². The molecular weight excluding hydrogens is 389 g/mol. The highest BCUT2D eigenvalue weighted by molar-refractivity contribution is 6.68. The zero-order valence-electron chi connectivity index (χ0n) is 18.7. The number of hydrogen-bond acceptors (Lipinski definition) is 1. The summed E-state index contributed by atoms with van der Waals surface area (Å²) in [5.74, 6) is 1.23. The van der Waals surface area contributed by atoms with E-state index in [0.29, 0.717) is 0 Å². The van der Waals surface area contributed by atoms with Gasteiger partial charge in [-0.25, -0.2) is 4.57 Å². The second-order valence-corrected chi connectivity index (χ2v) is 8.61. The van der Waals surface area contributed by atoms with Crippen molar-refractivity contribution in [2.24, 2.45) is 7.05 Å². The number of aryl methyl sites for hydroxylation is 1. The van der Waals surface area contributed by atoms with Crippen LogP contribution in [0.5, 0.6) is 0 Å². The average molecular weight is 414 g/mol. The first-order valence-corrected chi connectivity index (χ1v) is 11.1. The van der Waals surface area contributed by atoms with Gasteiger partial charge in [-0.1, -0.05) is 66.7 Å². The molecule has 0 spiro atoms. The van der Waals surface area contributed by atoms with Gasteiger partial charge in [0.25, 0.3) is 0 Å². The molecule has 0 saturated heterocycles. The summed E-state index contributed by atoms with van der Waals surface area (Å²) in [6.45, 7) is 4.52. The van der Waals surface area contributed by atoms with Crippen molar-refractivity contribution in [1.29, 1.82) is 0 Å². The van der Waals surface area contributed by atoms with Crippen molar-refractivity contribution in [3.63, 3.8) is 0 Å². The first kappa shape index (κ1) is 18.9. The lowest BCUT2D eigenvalue weighted by atomic mass is 9.63. The number of para-hydroxylation sites is 2. The summed E-state index contributed by atoms with van der Waals surface area (Å²) in [5, 5.41) is 5.13. The van der Waals surface area contributed by atoms with Gasteiger partial charge < -0.3 is 4.81 Å². The largest absolute Gasteiger partial charge is 0.537 e. The van der Waals surface area contributed by atoms with Crippen molar-refractivity contribution in [2.45, 2.75) is 13.8 Å². The molecule has 2 aliphatic rings. The van der Waals surface area contributed by atoms with Gasteiger partial charge in [0, 0.05) is 17.8 Å². The van der Waals surface area contributed by atoms with E-state index in [9.17, 15) is 0 Å². The van der Waals surface area contributed by atoms with Gasteiger partial charge in [-0.15, -0.1) is 0 Å². The van der Waals surface area contributed by atoms with Crippen LogP contribution in [0.1, 0.15) is 12.7 Å². The molecule has 0 bridgehead atoms. The van der Waals surface area contributed by atoms with E-state index in [-0.39, 0.29) is 6.98 Å². The van der Waals surface area contributed by atoms with Crippen LogP contribution in [0.25, 0.3) is 22.2 Å². The molecule has 0 saturated carbocycles. The first-order chi connectivity index (χ1) is 15.7. The Balaban J connectivity index is 1.87. The van der Waals surface area contributed by atoms with E-state index in [2.05, 4.69) is 132 Å². The molecule has 0 amide bonds. The monoisotopic (exact) mass is 414 g/mol. The molecule has 0 radical (unpaired) electrons. The lowest BCUT2D eigenvalue weighted by Gasteiger charge is -2.29. The highest BCUT2D eigenvalue weighted by atomic mass is 15.2. The molecule has 4 aromatic rings. The molecule has 4 heteroatoms. The van der Waals surface area contributed by atoms with E-state index < -0.39 is 0 Å². The third-order valence-electron chi connectivity index (χ3n) is 6.97. The van der Waals surface area contributed by atoms with Gasteiger partial charge in [0.05, 0.1) is 7.05 Å². The maximum absolute atomic E-state index is 2.48. The molecule has 32 heavy (non-hydrogen) atoms. The van der Waals surface area contributed by atoms with Crippen LogP contribution in [-0.4, -0.2) is 16.4 Å². The molecule has 0 aliphatic carbocycles. The molecule has 0 atom stereocenters. The zero-order chi connectivity index (χ0) is 21.8. The zero-order valence-corrected chi connectivity index (χ0v) is 18.7. The molecule has 3 heterocycles. The van der Waals surface area contributed by atoms with Crippen molar-refractivity contribution >= 4 is 29.2 Å². The lowest BCUT2D eigenvalue weighted by Crippen LogP contribution is -2.63. The van der Waals surface area contributed by atoms with Gasteiger partial charge in [-0.2, -0.15) is 0 Å². The van der Waals surface area contributed by atoms with Crippen LogP contribution in [0.2, 0.25) is 0 Å². The van der Waals surface area contributed by atoms with Crippen LogP contribution in [0.15, 0.2) is 97.2 Å². The summed E-state index contributed by atoms with van der Waals surface area (Å²) < 4.78 is 4.78. The Morgan fingerprint density at radius 1 is 0.719 bits per heavy atom. The molecule has 0 unspecified atom stereocenters. The van der Waals surface area contributed by atoms with Crippen molar-refractivity contribution in [3.05, 3.63) is 124 Å². The van der Waals surface area contributed by atoms with E-state index in [1.54, 1.807) is 0 Å². The summed E-state index contributed by atoms with van der Waals surface area (Å²) in [7, 11) is 2.16. The fourth-order valence-electron chi connectivity index (χ4n) is 5.34. The molecule has 154 valence electrons. The predicted molar refractivity (Wildman–Crippen MR) is 131 cm³/mol. The van der Waals surface area contributed by atoms with Gasteiger partial charge in [0.15, 0.2) is 11.0 Å². The molecule has 0 N–H and O–H groups in total. The number of hydrogen-bond donors (Lipinski definition) is 0. The number of fused-ring (bicyclic) bond motifs is 4. The van der Waals surface area contributed by atoms with Crippen molar-refractivity contribution < 1.29 is 4.48 Å². The number of nitrogens with zero attached hydrogens (tertiary/aromatic N) is 3. The van der Waals surface area contributed by atoms with Gasteiger partial charge in [-0.05, 0) is 58.5 Å². The van der Waals surface area contributed by atoms with E-state index >= 15 is 0 Å². The Hall–Kier alpha value is -3.79. The Labute approximate surface area is 188 Å². The molecule has 6 rings (SSSR count). The van der Waals surface area contributed by atoms with Crippen LogP contribution in [0.3, 0.4) is 0 Å². The predicted octanol–water partition coefficient (Wildman–Crippen LogP) is 3.31. The topological polar surface area (TPSA) is 12.1 Å². The smallest absolute Gasteiger partial charge is 0.346 e. The molecule has 1 aromatic heterocycles. The van der Waals surface area contributed by atoms with Crippen LogP contribution in [0, 0.1) is 17.4 Å². The van der Waals surface area contributed by atoms with Gasteiger partial charge in [0.1, 0.15) is 0 Å². The normalized spacial score (nSPS) is 19.3. The van der Waals surface area contributed by atoms with Crippen LogP contribution in [-0.2, 0) is 7.05 Å². The van der Waals surface area contributed by atoms with Crippen LogP contribution >= 0.6 is 0 Å². The molecule has 2 aliphatic heterocycles. The minimum absolute atomic E-state index is 0.0202. The molecule has 3 nitrogen and oxygen atoms in total. The molecular formula is C28H25BN3+. The standard InChI is InChI=1S/C28H25BN3/c1-20-22-12-4-5-13-23(22)24-14-6-7-15-25(24)26-16-10-11-19-31(26)29(20)32-21(2)30(3)27-17-8-9-18-28(27)32/h4-19H,1-3H3/q+1/b22-20-,24-23-,26-25-. The fourth-order valence-corrected chi connectivity index (χ4v) is 5.34. The van der Waals surface area contributed by atoms with Crippen molar-refractivity contribution in [1.82, 2.24) is 9.38 Å². The maximum Gasteiger partial charge on any atom is 0.537 e. The summed E-state index contributed by atoms with van der Waals surface area (Å²) in [6, 6.07) is 26.3. The first-order valence-electron chi connectivity index (χ1n) is 11.1. The Kier molecular flexibility index (Phi) is 4.22. The average Bonchev–Trinajstić information content (AvgIpc) is 3.09. The minimum Gasteiger partial charge on any atom is -0.346 e. The summed E-state index contributed by atoms with van der Waals surface area (Å²) in [4.78, 5) is 2.43. The number of aromatic nitrogens is 2. The van der Waals surface area contributed by atoms with Crippen molar-refractivity contribution in [3.8, 4) is 0 Å². The summed E-state index contributed by atoms with van der Waals surface area (Å²) >= 11 is 0. The Morgan fingerprint density at radius 2 is 1.34 bits per heavy atom.